The summed E-state index contributed by atoms with van der Waals surface area (Å²) in [6.45, 7) is 28.5. The summed E-state index contributed by atoms with van der Waals surface area (Å²) in [5, 5.41) is 23.6. The van der Waals surface area contributed by atoms with E-state index in [9.17, 15) is 52.7 Å². The van der Waals surface area contributed by atoms with Crippen LogP contribution in [0, 0.1) is 11.8 Å². The molecule has 1 saturated heterocycles. The summed E-state index contributed by atoms with van der Waals surface area (Å²) in [7, 11) is 0. The SMILES string of the molecule is CC[C@H](C)[C@H](NC(=O)C(C)(C)NC(=O)[C@@H](NC(=O)C(C)(C)NC(=O)C(C)(C)NC(C)=O)C(C)C)C(=O)NC(C)(C)C(=O)NC(C)(C)C(=O)N[C@@H](C)C(=O)NC(C)(C)C(=O)N1CCC[C@H]1COC(C)=O. The molecule has 0 bridgehead atoms. The lowest BCUT2D eigenvalue weighted by atomic mass is 9.93. The van der Waals surface area contributed by atoms with Gasteiger partial charge in [-0.3, -0.25) is 52.7 Å². The molecule has 0 aromatic carbocycles. The number of amides is 10. The Labute approximate surface area is 407 Å². The van der Waals surface area contributed by atoms with Gasteiger partial charge in [0.1, 0.15) is 58.0 Å². The molecule has 0 aromatic rings. The lowest BCUT2D eigenvalue weighted by Gasteiger charge is -2.36. The molecule has 0 spiro atoms. The van der Waals surface area contributed by atoms with E-state index in [1.165, 1.54) is 104 Å². The number of nitrogens with zero attached hydrogens (tertiary/aromatic N) is 1. The molecule has 9 N–H and O–H groups in total. The predicted octanol–water partition coefficient (Wildman–Crippen LogP) is 0.106. The molecular weight excluding hydrogens is 897 g/mol. The highest BCUT2D eigenvalue weighted by Crippen LogP contribution is 2.22. The molecule has 22 heteroatoms. The van der Waals surface area contributed by atoms with Gasteiger partial charge < -0.3 is 57.5 Å². The molecule has 1 fully saturated rings. The standard InChI is InChI=1S/C47H82N10O12/c1-20-26(4)32(50-37(64)42(8,9)53-34(61)31(25(2)3)49-38(65)44(12,13)55-39(66)45(14,15)51-28(6)58)35(62)54-46(16,17)40(67)56-43(10,11)36(63)48-27(5)33(60)52-47(18,19)41(68)57-23-21-22-30(57)24-69-29(7)59/h25-27,30-32H,20-24H2,1-19H3,(H,48,63)(H,49,65)(H,50,64)(H,51,58)(H,52,60)(H,53,61)(H,54,62)(H,55,66)(H,56,67)/t26-,27-,30-,31-,32-/m0/s1. The molecule has 392 valence electrons. The largest absolute Gasteiger partial charge is 0.464 e. The van der Waals surface area contributed by atoms with Gasteiger partial charge in [0.15, 0.2) is 0 Å². The van der Waals surface area contributed by atoms with Crippen LogP contribution in [0.4, 0.5) is 0 Å². The second-order valence-corrected chi connectivity index (χ2v) is 21.6. The number of rotatable bonds is 23. The normalized spacial score (nSPS) is 16.3. The van der Waals surface area contributed by atoms with Gasteiger partial charge in [-0.2, -0.15) is 0 Å². The average molecular weight is 979 g/mol. The number of ether oxygens (including phenoxy) is 1. The summed E-state index contributed by atoms with van der Waals surface area (Å²) >= 11 is 0. The molecule has 1 aliphatic rings. The van der Waals surface area contributed by atoms with E-state index in [1.54, 1.807) is 32.6 Å². The van der Waals surface area contributed by atoms with Gasteiger partial charge in [-0.05, 0) is 115 Å². The number of carbonyl (C=O) groups excluding carboxylic acids is 11. The van der Waals surface area contributed by atoms with Crippen LogP contribution in [0.15, 0.2) is 0 Å². The summed E-state index contributed by atoms with van der Waals surface area (Å²) in [6, 6.07) is -3.89. The first-order valence-corrected chi connectivity index (χ1v) is 23.4. The van der Waals surface area contributed by atoms with Gasteiger partial charge in [-0.25, -0.2) is 0 Å². The fourth-order valence-corrected chi connectivity index (χ4v) is 7.02. The number of hydrogen-bond acceptors (Lipinski definition) is 12. The van der Waals surface area contributed by atoms with Crippen LogP contribution in [0.25, 0.3) is 0 Å². The maximum atomic E-state index is 13.9. The molecule has 0 radical (unpaired) electrons. The smallest absolute Gasteiger partial charge is 0.302 e. The highest BCUT2D eigenvalue weighted by Gasteiger charge is 2.44. The zero-order valence-corrected chi connectivity index (χ0v) is 44.3. The van der Waals surface area contributed by atoms with Crippen LogP contribution < -0.4 is 47.9 Å². The number of carbonyl (C=O) groups is 11. The van der Waals surface area contributed by atoms with Crippen LogP contribution in [0.1, 0.15) is 151 Å². The quantitative estimate of drug-likeness (QED) is 0.0617. The van der Waals surface area contributed by atoms with Crippen molar-refractivity contribution in [2.24, 2.45) is 11.8 Å². The maximum Gasteiger partial charge on any atom is 0.302 e. The zero-order chi connectivity index (χ0) is 54.0. The fraction of sp³-hybridized carbons (Fsp3) is 0.766. The van der Waals surface area contributed by atoms with Gasteiger partial charge in [0.05, 0.1) is 6.04 Å². The highest BCUT2D eigenvalue weighted by atomic mass is 16.5. The second-order valence-electron chi connectivity index (χ2n) is 21.6. The lowest BCUT2D eigenvalue weighted by Crippen LogP contribution is -2.67. The van der Waals surface area contributed by atoms with Crippen molar-refractivity contribution in [2.75, 3.05) is 13.2 Å². The molecule has 5 atom stereocenters. The second kappa shape index (κ2) is 23.7. The van der Waals surface area contributed by atoms with Gasteiger partial charge in [0.25, 0.3) is 0 Å². The number of nitrogens with one attached hydrogen (secondary N) is 9. The fourth-order valence-electron chi connectivity index (χ4n) is 7.02. The molecule has 1 aliphatic heterocycles. The Morgan fingerprint density at radius 1 is 0.522 bits per heavy atom. The third-order valence-corrected chi connectivity index (χ3v) is 11.9. The summed E-state index contributed by atoms with van der Waals surface area (Å²) in [5.41, 5.74) is -9.22. The highest BCUT2D eigenvalue weighted by molar-refractivity contribution is 6.01. The Kier molecular flexibility index (Phi) is 21.0. The predicted molar refractivity (Wildman–Crippen MR) is 256 cm³/mol. The van der Waals surface area contributed by atoms with Crippen LogP contribution in [-0.2, 0) is 57.5 Å². The van der Waals surface area contributed by atoms with E-state index < -0.39 is 122 Å². The van der Waals surface area contributed by atoms with E-state index in [0.717, 1.165) is 0 Å². The molecule has 69 heavy (non-hydrogen) atoms. The summed E-state index contributed by atoms with van der Waals surface area (Å²) in [6.07, 6.45) is 1.74. The van der Waals surface area contributed by atoms with Crippen molar-refractivity contribution in [3.8, 4) is 0 Å². The van der Waals surface area contributed by atoms with E-state index in [4.69, 9.17) is 4.74 Å². The maximum absolute atomic E-state index is 13.9. The van der Waals surface area contributed by atoms with Crippen molar-refractivity contribution in [3.05, 3.63) is 0 Å². The number of esters is 1. The van der Waals surface area contributed by atoms with Crippen LogP contribution >= 0.6 is 0 Å². The van der Waals surface area contributed by atoms with Crippen molar-refractivity contribution in [2.45, 2.75) is 208 Å². The van der Waals surface area contributed by atoms with E-state index in [0.29, 0.717) is 25.8 Å². The molecule has 0 saturated carbocycles. The first-order valence-electron chi connectivity index (χ1n) is 23.4. The third kappa shape index (κ3) is 17.6. The topological polar surface area (TPSA) is 309 Å². The van der Waals surface area contributed by atoms with Crippen LogP contribution in [0.2, 0.25) is 0 Å². The minimum atomic E-state index is -1.67. The van der Waals surface area contributed by atoms with Crippen molar-refractivity contribution in [1.29, 1.82) is 0 Å². The van der Waals surface area contributed by atoms with Crippen LogP contribution in [0.5, 0.6) is 0 Å². The van der Waals surface area contributed by atoms with Gasteiger partial charge in [0.2, 0.25) is 59.1 Å². The molecule has 22 nitrogen and oxygen atoms in total. The van der Waals surface area contributed by atoms with Crippen molar-refractivity contribution in [1.82, 2.24) is 52.8 Å². The Hall–Kier alpha value is -5.83. The number of likely N-dealkylation sites (tertiary alicyclic amines) is 1. The molecule has 1 heterocycles. The number of hydrogen-bond donors (Lipinski definition) is 9. The van der Waals surface area contributed by atoms with Crippen molar-refractivity contribution in [3.63, 3.8) is 0 Å². The van der Waals surface area contributed by atoms with Gasteiger partial charge >= 0.3 is 5.97 Å². The van der Waals surface area contributed by atoms with Gasteiger partial charge in [0, 0.05) is 20.4 Å². The average Bonchev–Trinajstić information content (AvgIpc) is 3.67. The first-order chi connectivity index (χ1) is 31.1. The minimum Gasteiger partial charge on any atom is -0.464 e. The van der Waals surface area contributed by atoms with Gasteiger partial charge in [-0.1, -0.05) is 34.1 Å². The first kappa shape index (κ1) is 61.2. The monoisotopic (exact) mass is 979 g/mol. The zero-order valence-electron chi connectivity index (χ0n) is 44.3. The summed E-state index contributed by atoms with van der Waals surface area (Å²) in [4.78, 5) is 147. The van der Waals surface area contributed by atoms with Crippen LogP contribution in [-0.4, -0.2) is 140 Å². The Balaban J connectivity index is 3.06. The summed E-state index contributed by atoms with van der Waals surface area (Å²) in [5.74, 6) is -8.08. The van der Waals surface area contributed by atoms with Crippen molar-refractivity contribution < 1.29 is 57.5 Å². The minimum absolute atomic E-state index is 0.0344. The van der Waals surface area contributed by atoms with E-state index in [2.05, 4.69) is 47.9 Å². The molecule has 10 amide bonds. The van der Waals surface area contributed by atoms with Crippen molar-refractivity contribution >= 4 is 65.0 Å². The Morgan fingerprint density at radius 3 is 1.35 bits per heavy atom. The van der Waals surface area contributed by atoms with Crippen LogP contribution in [0.3, 0.4) is 0 Å². The lowest BCUT2D eigenvalue weighted by molar-refractivity contribution is -0.148. The van der Waals surface area contributed by atoms with E-state index in [1.807, 2.05) is 0 Å². The summed E-state index contributed by atoms with van der Waals surface area (Å²) < 4.78 is 5.12. The van der Waals surface area contributed by atoms with E-state index >= 15 is 0 Å². The molecule has 0 unspecified atom stereocenters. The third-order valence-electron chi connectivity index (χ3n) is 11.9. The van der Waals surface area contributed by atoms with Gasteiger partial charge in [-0.15, -0.1) is 0 Å². The Morgan fingerprint density at radius 2 is 0.913 bits per heavy atom. The van der Waals surface area contributed by atoms with E-state index in [-0.39, 0.29) is 18.6 Å². The molecule has 1 rings (SSSR count). The molecular formula is C47H82N10O12. The Bertz CT molecular complexity index is 1980. The molecule has 0 aromatic heterocycles. The molecule has 0 aliphatic carbocycles.